The summed E-state index contributed by atoms with van der Waals surface area (Å²) in [5.41, 5.74) is 2.16. The molecular formula is C22H20BrN3O4S. The topological polar surface area (TPSA) is 71.1 Å². The minimum Gasteiger partial charge on any atom is -0.496 e. The molecule has 1 N–H and O–H groups in total. The highest BCUT2D eigenvalue weighted by atomic mass is 79.9. The molecule has 2 saturated heterocycles. The highest BCUT2D eigenvalue weighted by Crippen LogP contribution is 2.30. The van der Waals surface area contributed by atoms with Crippen LogP contribution >= 0.6 is 28.1 Å². The molecule has 2 aromatic carbocycles. The van der Waals surface area contributed by atoms with Crippen LogP contribution in [0.5, 0.6) is 5.75 Å². The molecule has 2 amide bonds. The number of carbonyl (C=O) groups excluding carboxylic acids is 2. The Morgan fingerprint density at radius 1 is 1.13 bits per heavy atom. The summed E-state index contributed by atoms with van der Waals surface area (Å²) in [4.78, 5) is 29.3. The smallest absolute Gasteiger partial charge is 0.270 e. The molecule has 0 aliphatic carbocycles. The van der Waals surface area contributed by atoms with Gasteiger partial charge in [0.25, 0.3) is 11.8 Å². The molecule has 2 fully saturated rings. The first-order valence-corrected chi connectivity index (χ1v) is 10.9. The van der Waals surface area contributed by atoms with E-state index in [9.17, 15) is 9.59 Å². The van der Waals surface area contributed by atoms with Crippen LogP contribution in [0.1, 0.15) is 5.56 Å². The molecule has 7 nitrogen and oxygen atoms in total. The van der Waals surface area contributed by atoms with E-state index in [1.165, 1.54) is 11.0 Å². The summed E-state index contributed by atoms with van der Waals surface area (Å²) >= 11 is 8.65. The van der Waals surface area contributed by atoms with Gasteiger partial charge >= 0.3 is 0 Å². The third-order valence-electron chi connectivity index (χ3n) is 5.06. The van der Waals surface area contributed by atoms with Crippen molar-refractivity contribution in [2.75, 3.05) is 43.2 Å². The van der Waals surface area contributed by atoms with Crippen LogP contribution in [0, 0.1) is 0 Å². The van der Waals surface area contributed by atoms with Gasteiger partial charge in [0.1, 0.15) is 11.3 Å². The third kappa shape index (κ3) is 4.48. The lowest BCUT2D eigenvalue weighted by atomic mass is 10.1. The summed E-state index contributed by atoms with van der Waals surface area (Å²) < 4.78 is 11.7. The first kappa shape index (κ1) is 21.5. The predicted molar refractivity (Wildman–Crippen MR) is 126 cm³/mol. The molecule has 0 spiro atoms. The van der Waals surface area contributed by atoms with E-state index < -0.39 is 11.8 Å². The molecule has 0 unspecified atom stereocenters. The third-order valence-corrected chi connectivity index (χ3v) is 5.84. The molecule has 2 heterocycles. The number of hydrogen-bond donors (Lipinski definition) is 1. The lowest BCUT2D eigenvalue weighted by molar-refractivity contribution is -0.122. The largest absolute Gasteiger partial charge is 0.496 e. The van der Waals surface area contributed by atoms with Crippen molar-refractivity contribution in [1.29, 1.82) is 0 Å². The maximum atomic E-state index is 13.2. The maximum absolute atomic E-state index is 13.2. The van der Waals surface area contributed by atoms with Crippen LogP contribution in [0.25, 0.3) is 6.08 Å². The Bertz CT molecular complexity index is 1080. The molecular weight excluding hydrogens is 482 g/mol. The summed E-state index contributed by atoms with van der Waals surface area (Å²) in [6.07, 6.45) is 1.53. The Balaban J connectivity index is 1.68. The number of thiocarbonyl (C=S) groups is 1. The second kappa shape index (κ2) is 9.17. The van der Waals surface area contributed by atoms with Crippen molar-refractivity contribution in [3.05, 3.63) is 58.1 Å². The summed E-state index contributed by atoms with van der Waals surface area (Å²) in [5.74, 6) is -0.467. The molecule has 160 valence electrons. The number of ether oxygens (including phenoxy) is 2. The Labute approximate surface area is 193 Å². The fraction of sp³-hybridized carbons (Fsp3) is 0.227. The average Bonchev–Trinajstić information content (AvgIpc) is 2.77. The van der Waals surface area contributed by atoms with Gasteiger partial charge in [-0.1, -0.05) is 22.0 Å². The van der Waals surface area contributed by atoms with Crippen LogP contribution in [0.4, 0.5) is 11.4 Å². The SMILES string of the molecule is COc1cc(N2CCOCC2)ccc1/C=C1\C(=O)NC(=S)N(c2cccc(Br)c2)C1=O. The monoisotopic (exact) mass is 501 g/mol. The Morgan fingerprint density at radius 3 is 2.61 bits per heavy atom. The van der Waals surface area contributed by atoms with E-state index in [1.54, 1.807) is 25.3 Å². The quantitative estimate of drug-likeness (QED) is 0.394. The standard InChI is InChI=1S/C22H20BrN3O4S/c1-29-19-13-16(25-7-9-30-10-8-25)6-5-14(19)11-18-20(27)24-22(31)26(21(18)28)17-4-2-3-15(23)12-17/h2-6,11-13H,7-10H2,1H3,(H,24,27,31)/b18-11+. The fourth-order valence-electron chi connectivity index (χ4n) is 3.50. The number of rotatable bonds is 4. The number of benzene rings is 2. The first-order valence-electron chi connectivity index (χ1n) is 9.65. The van der Waals surface area contributed by atoms with E-state index in [0.717, 1.165) is 23.2 Å². The highest BCUT2D eigenvalue weighted by molar-refractivity contribution is 9.10. The zero-order valence-corrected chi connectivity index (χ0v) is 19.2. The second-order valence-electron chi connectivity index (χ2n) is 6.96. The van der Waals surface area contributed by atoms with Crippen LogP contribution in [-0.4, -0.2) is 50.3 Å². The summed E-state index contributed by atoms with van der Waals surface area (Å²) in [7, 11) is 1.56. The second-order valence-corrected chi connectivity index (χ2v) is 8.27. The van der Waals surface area contributed by atoms with Crippen molar-refractivity contribution >= 4 is 62.5 Å². The van der Waals surface area contributed by atoms with Gasteiger partial charge in [0.2, 0.25) is 0 Å². The van der Waals surface area contributed by atoms with Gasteiger partial charge in [-0.15, -0.1) is 0 Å². The Morgan fingerprint density at radius 2 is 1.90 bits per heavy atom. The molecule has 4 rings (SSSR count). The van der Waals surface area contributed by atoms with Gasteiger partial charge in [-0.05, 0) is 48.6 Å². The summed E-state index contributed by atoms with van der Waals surface area (Å²) in [5, 5.41) is 2.64. The Kier molecular flexibility index (Phi) is 6.35. The van der Waals surface area contributed by atoms with Crippen LogP contribution in [-0.2, 0) is 14.3 Å². The lowest BCUT2D eigenvalue weighted by Gasteiger charge is -2.30. The van der Waals surface area contributed by atoms with E-state index in [0.29, 0.717) is 30.2 Å². The van der Waals surface area contributed by atoms with Crippen LogP contribution in [0.15, 0.2) is 52.5 Å². The van der Waals surface area contributed by atoms with Crippen molar-refractivity contribution in [2.45, 2.75) is 0 Å². The van der Waals surface area contributed by atoms with Crippen LogP contribution < -0.4 is 19.9 Å². The number of anilines is 2. The van der Waals surface area contributed by atoms with E-state index >= 15 is 0 Å². The normalized spacial score (nSPS) is 18.4. The molecule has 31 heavy (non-hydrogen) atoms. The molecule has 0 aromatic heterocycles. The molecule has 0 saturated carbocycles. The van der Waals surface area contributed by atoms with E-state index in [4.69, 9.17) is 21.7 Å². The van der Waals surface area contributed by atoms with E-state index in [1.807, 2.05) is 24.3 Å². The minimum absolute atomic E-state index is 0.0222. The van der Waals surface area contributed by atoms with Gasteiger partial charge in [0, 0.05) is 34.9 Å². The Hall–Kier alpha value is -2.75. The number of halogens is 1. The summed E-state index contributed by atoms with van der Waals surface area (Å²) in [6, 6.07) is 12.8. The lowest BCUT2D eigenvalue weighted by Crippen LogP contribution is -2.54. The molecule has 2 aliphatic rings. The summed E-state index contributed by atoms with van der Waals surface area (Å²) in [6.45, 7) is 2.94. The van der Waals surface area contributed by atoms with Crippen molar-refractivity contribution in [2.24, 2.45) is 0 Å². The van der Waals surface area contributed by atoms with Crippen molar-refractivity contribution in [3.8, 4) is 5.75 Å². The van der Waals surface area contributed by atoms with E-state index in [2.05, 4.69) is 26.1 Å². The minimum atomic E-state index is -0.541. The molecule has 0 bridgehead atoms. The van der Waals surface area contributed by atoms with Crippen molar-refractivity contribution in [3.63, 3.8) is 0 Å². The van der Waals surface area contributed by atoms with Gasteiger partial charge in [0.05, 0.1) is 26.0 Å². The zero-order valence-electron chi connectivity index (χ0n) is 16.8. The first-order chi connectivity index (χ1) is 15.0. The molecule has 0 radical (unpaired) electrons. The number of carbonyl (C=O) groups is 2. The van der Waals surface area contributed by atoms with Crippen molar-refractivity contribution < 1.29 is 19.1 Å². The maximum Gasteiger partial charge on any atom is 0.270 e. The van der Waals surface area contributed by atoms with Crippen LogP contribution in [0.2, 0.25) is 0 Å². The van der Waals surface area contributed by atoms with Gasteiger partial charge in [-0.3, -0.25) is 19.8 Å². The number of hydrogen-bond acceptors (Lipinski definition) is 6. The average molecular weight is 502 g/mol. The zero-order chi connectivity index (χ0) is 22.0. The fourth-order valence-corrected chi connectivity index (χ4v) is 4.17. The van der Waals surface area contributed by atoms with Gasteiger partial charge in [-0.2, -0.15) is 0 Å². The van der Waals surface area contributed by atoms with Crippen LogP contribution in [0.3, 0.4) is 0 Å². The highest BCUT2D eigenvalue weighted by Gasteiger charge is 2.34. The number of morpholine rings is 1. The number of nitrogens with one attached hydrogen (secondary N) is 1. The molecule has 2 aliphatic heterocycles. The number of methoxy groups -OCH3 is 1. The number of nitrogens with zero attached hydrogens (tertiary/aromatic N) is 2. The van der Waals surface area contributed by atoms with Gasteiger partial charge in [0.15, 0.2) is 5.11 Å². The molecule has 9 heteroatoms. The van der Waals surface area contributed by atoms with Gasteiger partial charge in [-0.25, -0.2) is 0 Å². The van der Waals surface area contributed by atoms with E-state index in [-0.39, 0.29) is 10.7 Å². The molecule has 2 aromatic rings. The predicted octanol–water partition coefficient (Wildman–Crippen LogP) is 3.13. The van der Waals surface area contributed by atoms with Gasteiger partial charge < -0.3 is 14.4 Å². The molecule has 0 atom stereocenters. The van der Waals surface area contributed by atoms with Crippen molar-refractivity contribution in [1.82, 2.24) is 5.32 Å². The number of amides is 2.